The van der Waals surface area contributed by atoms with Gasteiger partial charge < -0.3 is 4.74 Å². The molecule has 1 aliphatic rings. The minimum absolute atomic E-state index is 0.401. The summed E-state index contributed by atoms with van der Waals surface area (Å²) < 4.78 is 5.20. The molecule has 0 aliphatic heterocycles. The minimum atomic E-state index is -0.401. The molecule has 0 fully saturated rings. The molecule has 0 spiro atoms. The molecule has 1 aromatic rings. The standard InChI is InChI=1S/C13H15NO2/c1-13(14-9-15)7-3-4-10-8-11(16-2)5-6-12(10)13/h5-6,8H,3-4,7H2,1-2H3. The van der Waals surface area contributed by atoms with Crippen molar-refractivity contribution in [3.8, 4) is 5.75 Å². The van der Waals surface area contributed by atoms with Gasteiger partial charge in [-0.15, -0.1) is 0 Å². The van der Waals surface area contributed by atoms with Crippen molar-refractivity contribution in [3.05, 3.63) is 29.3 Å². The molecule has 1 unspecified atom stereocenters. The lowest BCUT2D eigenvalue weighted by atomic mass is 9.78. The Balaban J connectivity index is 2.51. The van der Waals surface area contributed by atoms with Gasteiger partial charge in [-0.2, -0.15) is 4.99 Å². The SMILES string of the molecule is COc1ccc2c(c1)CCCC2(C)N=C=O. The monoisotopic (exact) mass is 217 g/mol. The van der Waals surface area contributed by atoms with Crippen LogP contribution in [0.2, 0.25) is 0 Å². The second kappa shape index (κ2) is 4.11. The third kappa shape index (κ3) is 1.74. The zero-order valence-corrected chi connectivity index (χ0v) is 9.62. The Morgan fingerprint density at radius 2 is 2.31 bits per heavy atom. The molecule has 3 nitrogen and oxygen atoms in total. The van der Waals surface area contributed by atoms with Crippen molar-refractivity contribution in [2.75, 3.05) is 7.11 Å². The van der Waals surface area contributed by atoms with E-state index in [0.29, 0.717) is 0 Å². The van der Waals surface area contributed by atoms with Gasteiger partial charge >= 0.3 is 0 Å². The molecule has 84 valence electrons. The Bertz CT molecular complexity index is 449. The Hall–Kier alpha value is -1.60. The quantitative estimate of drug-likeness (QED) is 0.564. The predicted octanol–water partition coefficient (Wildman–Crippen LogP) is 2.58. The van der Waals surface area contributed by atoms with Crippen LogP contribution in [0, 0.1) is 0 Å². The van der Waals surface area contributed by atoms with Gasteiger partial charge in [0.25, 0.3) is 0 Å². The first-order chi connectivity index (χ1) is 7.69. The van der Waals surface area contributed by atoms with E-state index in [-0.39, 0.29) is 0 Å². The molecule has 0 radical (unpaired) electrons. The number of nitrogens with zero attached hydrogens (tertiary/aromatic N) is 1. The van der Waals surface area contributed by atoms with E-state index in [0.717, 1.165) is 30.6 Å². The topological polar surface area (TPSA) is 38.7 Å². The molecule has 1 atom stereocenters. The number of hydrogen-bond acceptors (Lipinski definition) is 3. The average Bonchev–Trinajstić information content (AvgIpc) is 2.29. The van der Waals surface area contributed by atoms with E-state index in [4.69, 9.17) is 4.74 Å². The van der Waals surface area contributed by atoms with E-state index in [1.54, 1.807) is 13.2 Å². The molecule has 0 saturated carbocycles. The normalized spacial score (nSPS) is 23.1. The maximum atomic E-state index is 10.5. The van der Waals surface area contributed by atoms with Crippen molar-refractivity contribution in [1.29, 1.82) is 0 Å². The highest BCUT2D eigenvalue weighted by Gasteiger charge is 2.31. The second-order valence-corrected chi connectivity index (χ2v) is 4.35. The molecule has 0 bridgehead atoms. The minimum Gasteiger partial charge on any atom is -0.497 e. The summed E-state index contributed by atoms with van der Waals surface area (Å²) in [5.41, 5.74) is 1.96. The first-order valence-corrected chi connectivity index (χ1v) is 5.46. The van der Waals surface area contributed by atoms with Gasteiger partial charge in [-0.05, 0) is 49.4 Å². The second-order valence-electron chi connectivity index (χ2n) is 4.35. The lowest BCUT2D eigenvalue weighted by Crippen LogP contribution is -2.25. The summed E-state index contributed by atoms with van der Waals surface area (Å²) in [6.07, 6.45) is 4.66. The summed E-state index contributed by atoms with van der Waals surface area (Å²) in [6.45, 7) is 1.99. The Morgan fingerprint density at radius 3 is 3.00 bits per heavy atom. The van der Waals surface area contributed by atoms with Crippen LogP contribution in [0.5, 0.6) is 5.75 Å². The highest BCUT2D eigenvalue weighted by atomic mass is 16.5. The van der Waals surface area contributed by atoms with Crippen LogP contribution < -0.4 is 4.74 Å². The van der Waals surface area contributed by atoms with Gasteiger partial charge in [0, 0.05) is 0 Å². The van der Waals surface area contributed by atoms with E-state index in [2.05, 4.69) is 4.99 Å². The van der Waals surface area contributed by atoms with Crippen molar-refractivity contribution < 1.29 is 9.53 Å². The van der Waals surface area contributed by atoms with Crippen molar-refractivity contribution in [1.82, 2.24) is 0 Å². The number of hydrogen-bond donors (Lipinski definition) is 0. The molecule has 0 saturated heterocycles. The summed E-state index contributed by atoms with van der Waals surface area (Å²) >= 11 is 0. The van der Waals surface area contributed by atoms with Crippen LogP contribution in [0.4, 0.5) is 0 Å². The van der Waals surface area contributed by atoms with Crippen LogP contribution in [0.1, 0.15) is 30.9 Å². The number of methoxy groups -OCH3 is 1. The van der Waals surface area contributed by atoms with Crippen molar-refractivity contribution in [2.45, 2.75) is 31.7 Å². The molecule has 0 heterocycles. The van der Waals surface area contributed by atoms with E-state index in [1.165, 1.54) is 5.56 Å². The maximum absolute atomic E-state index is 10.5. The van der Waals surface area contributed by atoms with Crippen molar-refractivity contribution in [3.63, 3.8) is 0 Å². The fourth-order valence-corrected chi connectivity index (χ4v) is 2.40. The van der Waals surface area contributed by atoms with E-state index < -0.39 is 5.54 Å². The number of isocyanates is 1. The number of rotatable bonds is 2. The molecule has 2 rings (SSSR count). The van der Waals surface area contributed by atoms with Gasteiger partial charge in [-0.1, -0.05) is 6.07 Å². The van der Waals surface area contributed by atoms with Gasteiger partial charge in [-0.25, -0.2) is 4.79 Å². The van der Waals surface area contributed by atoms with Crippen LogP contribution in [0.25, 0.3) is 0 Å². The van der Waals surface area contributed by atoms with E-state index >= 15 is 0 Å². The number of carbonyl (C=O) groups excluding carboxylic acids is 1. The van der Waals surface area contributed by atoms with E-state index in [1.807, 2.05) is 25.1 Å². The third-order valence-electron chi connectivity index (χ3n) is 3.29. The van der Waals surface area contributed by atoms with Gasteiger partial charge in [0.1, 0.15) is 5.75 Å². The number of benzene rings is 1. The molecule has 1 aliphatic carbocycles. The van der Waals surface area contributed by atoms with Crippen LogP contribution in [0.3, 0.4) is 0 Å². The van der Waals surface area contributed by atoms with Gasteiger partial charge in [0.2, 0.25) is 6.08 Å². The summed E-state index contributed by atoms with van der Waals surface area (Å²) in [7, 11) is 1.66. The molecule has 0 amide bonds. The lowest BCUT2D eigenvalue weighted by molar-refractivity contribution is 0.396. The number of fused-ring (bicyclic) bond motifs is 1. The summed E-state index contributed by atoms with van der Waals surface area (Å²) in [5, 5.41) is 0. The zero-order valence-electron chi connectivity index (χ0n) is 9.62. The highest BCUT2D eigenvalue weighted by Crippen LogP contribution is 2.39. The fraction of sp³-hybridized carbons (Fsp3) is 0.462. The predicted molar refractivity (Wildman–Crippen MR) is 61.4 cm³/mol. The van der Waals surface area contributed by atoms with Gasteiger partial charge in [-0.3, -0.25) is 0 Å². The lowest BCUT2D eigenvalue weighted by Gasteiger charge is -2.31. The summed E-state index contributed by atoms with van der Waals surface area (Å²) in [6, 6.07) is 5.96. The largest absolute Gasteiger partial charge is 0.497 e. The van der Waals surface area contributed by atoms with Gasteiger partial charge in [0.15, 0.2) is 0 Å². The Morgan fingerprint density at radius 1 is 1.50 bits per heavy atom. The zero-order chi connectivity index (χ0) is 11.6. The van der Waals surface area contributed by atoms with Crippen molar-refractivity contribution in [2.24, 2.45) is 4.99 Å². The Labute approximate surface area is 95.2 Å². The Kier molecular flexibility index (Phi) is 2.80. The van der Waals surface area contributed by atoms with Crippen LogP contribution in [-0.4, -0.2) is 13.2 Å². The molecular formula is C13H15NO2. The smallest absolute Gasteiger partial charge is 0.235 e. The molecule has 16 heavy (non-hydrogen) atoms. The molecule has 1 aromatic carbocycles. The molecule has 3 heteroatoms. The maximum Gasteiger partial charge on any atom is 0.235 e. The highest BCUT2D eigenvalue weighted by molar-refractivity contribution is 5.44. The van der Waals surface area contributed by atoms with Crippen LogP contribution >= 0.6 is 0 Å². The fourth-order valence-electron chi connectivity index (χ4n) is 2.40. The van der Waals surface area contributed by atoms with Crippen LogP contribution in [0.15, 0.2) is 23.2 Å². The van der Waals surface area contributed by atoms with E-state index in [9.17, 15) is 4.79 Å². The van der Waals surface area contributed by atoms with Crippen molar-refractivity contribution >= 4 is 6.08 Å². The first-order valence-electron chi connectivity index (χ1n) is 5.46. The summed E-state index contributed by atoms with van der Waals surface area (Å²) in [5.74, 6) is 0.859. The third-order valence-corrected chi connectivity index (χ3v) is 3.29. The summed E-state index contributed by atoms with van der Waals surface area (Å²) in [4.78, 5) is 14.5. The van der Waals surface area contributed by atoms with Gasteiger partial charge in [0.05, 0.1) is 12.6 Å². The molecular weight excluding hydrogens is 202 g/mol. The van der Waals surface area contributed by atoms with Crippen LogP contribution in [-0.2, 0) is 16.8 Å². The number of aryl methyl sites for hydroxylation is 1. The average molecular weight is 217 g/mol. The molecule has 0 N–H and O–H groups in total. The first kappa shape index (κ1) is 10.9. The number of ether oxygens (including phenoxy) is 1. The number of aliphatic imine (C=N–C) groups is 1. The molecule has 0 aromatic heterocycles.